The van der Waals surface area contributed by atoms with Gasteiger partial charge in [0.25, 0.3) is 0 Å². The maximum Gasteiger partial charge on any atom is 0.414 e. The van der Waals surface area contributed by atoms with Gasteiger partial charge in [0.1, 0.15) is 6.10 Å². The molecule has 2 atom stereocenters. The fourth-order valence-electron chi connectivity index (χ4n) is 2.92. The van der Waals surface area contributed by atoms with E-state index in [1.165, 1.54) is 0 Å². The van der Waals surface area contributed by atoms with Crippen molar-refractivity contribution in [3.63, 3.8) is 0 Å². The molecule has 2 saturated heterocycles. The fraction of sp³-hybridized carbons (Fsp3) is 0.529. The van der Waals surface area contributed by atoms with E-state index in [-0.39, 0.29) is 24.2 Å². The molecule has 1 N–H and O–H groups in total. The first-order valence-electron chi connectivity index (χ1n) is 8.14. The molecule has 2 heterocycles. The van der Waals surface area contributed by atoms with Crippen molar-refractivity contribution in [2.24, 2.45) is 0 Å². The van der Waals surface area contributed by atoms with Crippen LogP contribution in [0.5, 0.6) is 0 Å². The van der Waals surface area contributed by atoms with Crippen LogP contribution in [0.25, 0.3) is 0 Å². The maximum atomic E-state index is 12.0. The van der Waals surface area contributed by atoms with Gasteiger partial charge in [-0.15, -0.1) is 0 Å². The van der Waals surface area contributed by atoms with Gasteiger partial charge in [-0.1, -0.05) is 18.2 Å². The van der Waals surface area contributed by atoms with E-state index in [2.05, 4.69) is 5.32 Å². The molecule has 0 aliphatic carbocycles. The van der Waals surface area contributed by atoms with Crippen molar-refractivity contribution in [2.45, 2.75) is 37.9 Å². The average molecular weight is 318 g/mol. The second-order valence-corrected chi connectivity index (χ2v) is 5.95. The van der Waals surface area contributed by atoms with Crippen LogP contribution in [0.3, 0.4) is 0 Å². The SMILES string of the molecule is O=C(CC1CCCCO1)NCC1CN(c2ccccc2)C(=O)O1. The van der Waals surface area contributed by atoms with E-state index in [9.17, 15) is 9.59 Å². The Morgan fingerprint density at radius 1 is 1.22 bits per heavy atom. The molecule has 2 aliphatic heterocycles. The molecule has 124 valence electrons. The van der Waals surface area contributed by atoms with Gasteiger partial charge in [-0.05, 0) is 31.4 Å². The summed E-state index contributed by atoms with van der Waals surface area (Å²) in [6.45, 7) is 1.52. The fourth-order valence-corrected chi connectivity index (χ4v) is 2.92. The highest BCUT2D eigenvalue weighted by atomic mass is 16.6. The quantitative estimate of drug-likeness (QED) is 0.902. The van der Waals surface area contributed by atoms with Crippen molar-refractivity contribution in [1.29, 1.82) is 0 Å². The number of benzene rings is 1. The molecule has 3 rings (SSSR count). The Bertz CT molecular complexity index is 543. The highest BCUT2D eigenvalue weighted by Gasteiger charge is 2.32. The van der Waals surface area contributed by atoms with Crippen molar-refractivity contribution in [3.8, 4) is 0 Å². The molecule has 2 fully saturated rings. The second-order valence-electron chi connectivity index (χ2n) is 5.95. The molecule has 0 bridgehead atoms. The Balaban J connectivity index is 1.44. The summed E-state index contributed by atoms with van der Waals surface area (Å²) in [5, 5.41) is 2.84. The van der Waals surface area contributed by atoms with Crippen LogP contribution in [-0.4, -0.2) is 43.9 Å². The third-order valence-electron chi connectivity index (χ3n) is 4.16. The van der Waals surface area contributed by atoms with E-state index in [0.717, 1.165) is 31.6 Å². The lowest BCUT2D eigenvalue weighted by atomic mass is 10.1. The summed E-state index contributed by atoms with van der Waals surface area (Å²) in [6, 6.07) is 9.38. The van der Waals surface area contributed by atoms with Crippen LogP contribution in [0.15, 0.2) is 30.3 Å². The van der Waals surface area contributed by atoms with E-state index in [1.54, 1.807) is 4.90 Å². The lowest BCUT2D eigenvalue weighted by Gasteiger charge is -2.22. The normalized spacial score (nSPS) is 24.3. The van der Waals surface area contributed by atoms with Gasteiger partial charge in [-0.2, -0.15) is 0 Å². The molecule has 23 heavy (non-hydrogen) atoms. The number of nitrogens with zero attached hydrogens (tertiary/aromatic N) is 1. The van der Waals surface area contributed by atoms with Crippen molar-refractivity contribution < 1.29 is 19.1 Å². The zero-order valence-electron chi connectivity index (χ0n) is 13.1. The third kappa shape index (κ3) is 4.22. The number of nitrogens with one attached hydrogen (secondary N) is 1. The van der Waals surface area contributed by atoms with Gasteiger partial charge in [-0.3, -0.25) is 9.69 Å². The van der Waals surface area contributed by atoms with E-state index in [4.69, 9.17) is 9.47 Å². The second kappa shape index (κ2) is 7.46. The van der Waals surface area contributed by atoms with E-state index >= 15 is 0 Å². The molecule has 2 amide bonds. The summed E-state index contributed by atoms with van der Waals surface area (Å²) in [7, 11) is 0. The predicted octanol–water partition coefficient (Wildman–Crippen LogP) is 2.09. The van der Waals surface area contributed by atoms with Crippen LogP contribution in [0.2, 0.25) is 0 Å². The summed E-state index contributed by atoms with van der Waals surface area (Å²) in [5.41, 5.74) is 0.807. The molecular weight excluding hydrogens is 296 g/mol. The number of carbonyl (C=O) groups excluding carboxylic acids is 2. The van der Waals surface area contributed by atoms with E-state index < -0.39 is 0 Å². The Labute approximate surface area is 135 Å². The summed E-state index contributed by atoms with van der Waals surface area (Å²) in [5.74, 6) is -0.0499. The van der Waals surface area contributed by atoms with Gasteiger partial charge >= 0.3 is 6.09 Å². The maximum absolute atomic E-state index is 12.0. The summed E-state index contributed by atoms with van der Waals surface area (Å²) in [6.07, 6.45) is 2.84. The van der Waals surface area contributed by atoms with Crippen LogP contribution < -0.4 is 10.2 Å². The molecule has 0 radical (unpaired) electrons. The number of amides is 2. The first-order valence-corrected chi connectivity index (χ1v) is 8.14. The lowest BCUT2D eigenvalue weighted by molar-refractivity contribution is -0.125. The summed E-state index contributed by atoms with van der Waals surface area (Å²) < 4.78 is 10.9. The minimum atomic E-state index is -0.369. The number of para-hydroxylation sites is 1. The molecular formula is C17H22N2O4. The minimum Gasteiger partial charge on any atom is -0.442 e. The Morgan fingerprint density at radius 3 is 2.78 bits per heavy atom. The minimum absolute atomic E-state index is 0.0238. The zero-order valence-corrected chi connectivity index (χ0v) is 13.1. The number of cyclic esters (lactones) is 1. The van der Waals surface area contributed by atoms with Gasteiger partial charge in [0, 0.05) is 12.3 Å². The monoisotopic (exact) mass is 318 g/mol. The summed E-state index contributed by atoms with van der Waals surface area (Å²) in [4.78, 5) is 25.5. The summed E-state index contributed by atoms with van der Waals surface area (Å²) >= 11 is 0. The molecule has 6 heteroatoms. The predicted molar refractivity (Wildman–Crippen MR) is 85.3 cm³/mol. The van der Waals surface area contributed by atoms with Crippen molar-refractivity contribution >= 4 is 17.7 Å². The van der Waals surface area contributed by atoms with Crippen molar-refractivity contribution in [2.75, 3.05) is 24.6 Å². The highest BCUT2D eigenvalue weighted by Crippen LogP contribution is 2.21. The Hall–Kier alpha value is -2.08. The number of rotatable bonds is 5. The Morgan fingerprint density at radius 2 is 2.04 bits per heavy atom. The molecule has 0 spiro atoms. The van der Waals surface area contributed by atoms with Crippen LogP contribution >= 0.6 is 0 Å². The van der Waals surface area contributed by atoms with E-state index in [0.29, 0.717) is 19.5 Å². The topological polar surface area (TPSA) is 67.9 Å². The molecule has 0 saturated carbocycles. The third-order valence-corrected chi connectivity index (χ3v) is 4.16. The van der Waals surface area contributed by atoms with Crippen LogP contribution in [-0.2, 0) is 14.3 Å². The molecule has 6 nitrogen and oxygen atoms in total. The zero-order chi connectivity index (χ0) is 16.1. The highest BCUT2D eigenvalue weighted by molar-refractivity contribution is 5.89. The van der Waals surface area contributed by atoms with Gasteiger partial charge in [0.05, 0.1) is 25.6 Å². The van der Waals surface area contributed by atoms with Crippen LogP contribution in [0.4, 0.5) is 10.5 Å². The molecule has 1 aromatic rings. The first kappa shape index (κ1) is 15.8. The first-order chi connectivity index (χ1) is 11.2. The lowest BCUT2D eigenvalue weighted by Crippen LogP contribution is -2.37. The average Bonchev–Trinajstić information content (AvgIpc) is 2.96. The molecule has 2 aliphatic rings. The Kier molecular flexibility index (Phi) is 5.12. The van der Waals surface area contributed by atoms with Crippen LogP contribution in [0.1, 0.15) is 25.7 Å². The van der Waals surface area contributed by atoms with Gasteiger partial charge < -0.3 is 14.8 Å². The van der Waals surface area contributed by atoms with Crippen molar-refractivity contribution in [3.05, 3.63) is 30.3 Å². The number of anilines is 1. The standard InChI is InChI=1S/C17H22N2O4/c20-16(10-14-8-4-5-9-22-14)18-11-15-12-19(17(21)23-15)13-6-2-1-3-7-13/h1-3,6-7,14-15H,4-5,8-12H2,(H,18,20). The molecule has 2 unspecified atom stereocenters. The number of hydrogen-bond acceptors (Lipinski definition) is 4. The molecule has 0 aromatic heterocycles. The molecule has 1 aromatic carbocycles. The van der Waals surface area contributed by atoms with Crippen LogP contribution in [0, 0.1) is 0 Å². The van der Waals surface area contributed by atoms with Gasteiger partial charge in [-0.25, -0.2) is 4.79 Å². The number of ether oxygens (including phenoxy) is 2. The number of carbonyl (C=O) groups is 2. The van der Waals surface area contributed by atoms with E-state index in [1.807, 2.05) is 30.3 Å². The van der Waals surface area contributed by atoms with Gasteiger partial charge in [0.2, 0.25) is 5.91 Å². The largest absolute Gasteiger partial charge is 0.442 e. The smallest absolute Gasteiger partial charge is 0.414 e. The van der Waals surface area contributed by atoms with Crippen molar-refractivity contribution in [1.82, 2.24) is 5.32 Å². The number of hydrogen-bond donors (Lipinski definition) is 1. The van der Waals surface area contributed by atoms with Gasteiger partial charge in [0.15, 0.2) is 0 Å².